The van der Waals surface area contributed by atoms with Crippen LogP contribution in [0.2, 0.25) is 0 Å². The molecule has 0 aromatic heterocycles. The van der Waals surface area contributed by atoms with E-state index in [4.69, 9.17) is 4.65 Å². The van der Waals surface area contributed by atoms with E-state index in [1.807, 2.05) is 0 Å². The third-order valence-electron chi connectivity index (χ3n) is 4.18. The van der Waals surface area contributed by atoms with E-state index in [1.165, 1.54) is 19.6 Å². The monoisotopic (exact) mass is 445 g/mol. The van der Waals surface area contributed by atoms with E-state index in [0.717, 1.165) is 18.2 Å². The van der Waals surface area contributed by atoms with Crippen molar-refractivity contribution in [3.63, 3.8) is 0 Å². The number of carbonyl (C=O) groups is 1. The number of amides is 1. The predicted octanol–water partition coefficient (Wildman–Crippen LogP) is 1.98. The summed E-state index contributed by atoms with van der Waals surface area (Å²) >= 11 is 0. The summed E-state index contributed by atoms with van der Waals surface area (Å²) in [7, 11) is -2.96. The Morgan fingerprint density at radius 2 is 1.97 bits per heavy atom. The van der Waals surface area contributed by atoms with Crippen molar-refractivity contribution in [3.8, 4) is 5.75 Å². The smallest absolute Gasteiger partial charge is 0.471 e. The molecule has 0 bridgehead atoms. The molecule has 1 amide bonds. The highest BCUT2D eigenvalue weighted by molar-refractivity contribution is 7.92. The van der Waals surface area contributed by atoms with Gasteiger partial charge >= 0.3 is 19.6 Å². The number of aromatic hydroxyl groups is 1. The fourth-order valence-corrected chi connectivity index (χ4v) is 4.12. The molecule has 0 spiro atoms. The standard InChI is InChI=1S/C17H14BF4N2O5S/c19-4-3-9-5-11(23-16(26)17(20,21)22)1-2-15(9)30(27,28)24-13-7-12-10(6-14(13)25)8-29-18-12/h1-2,5-7,24-25H,3-4,8H2,(H,23,26). The lowest BCUT2D eigenvalue weighted by Crippen LogP contribution is -2.30. The van der Waals surface area contributed by atoms with Crippen molar-refractivity contribution in [2.45, 2.75) is 24.1 Å². The molecule has 0 saturated heterocycles. The van der Waals surface area contributed by atoms with Crippen LogP contribution in [-0.4, -0.2) is 39.8 Å². The summed E-state index contributed by atoms with van der Waals surface area (Å²) in [6.07, 6.45) is -5.57. The SMILES string of the molecule is O=C(Nc1ccc(S(=O)(=O)Nc2cc3c(cc2O)CO[B]3)c(CCF)c1)C(F)(F)F. The van der Waals surface area contributed by atoms with Crippen LogP contribution in [0.1, 0.15) is 11.1 Å². The summed E-state index contributed by atoms with van der Waals surface area (Å²) in [6, 6.07) is 5.52. The zero-order chi connectivity index (χ0) is 22.1. The van der Waals surface area contributed by atoms with E-state index in [0.29, 0.717) is 11.0 Å². The molecule has 1 aliphatic heterocycles. The minimum absolute atomic E-state index is 0.152. The van der Waals surface area contributed by atoms with Crippen molar-refractivity contribution in [2.75, 3.05) is 16.7 Å². The van der Waals surface area contributed by atoms with Crippen molar-refractivity contribution in [3.05, 3.63) is 41.5 Å². The maximum absolute atomic E-state index is 12.9. The Labute approximate surface area is 169 Å². The third kappa shape index (κ3) is 4.67. The van der Waals surface area contributed by atoms with E-state index < -0.39 is 40.1 Å². The number of fused-ring (bicyclic) bond motifs is 1. The third-order valence-corrected chi connectivity index (χ3v) is 5.65. The Balaban J connectivity index is 1.92. The number of carbonyl (C=O) groups excluding carboxylic acids is 1. The number of hydrogen-bond acceptors (Lipinski definition) is 5. The van der Waals surface area contributed by atoms with Gasteiger partial charge < -0.3 is 15.1 Å². The van der Waals surface area contributed by atoms with E-state index in [9.17, 15) is 35.9 Å². The molecule has 0 saturated carbocycles. The summed E-state index contributed by atoms with van der Waals surface area (Å²) in [5.41, 5.74) is 0.557. The summed E-state index contributed by atoms with van der Waals surface area (Å²) in [5.74, 6) is -2.61. The van der Waals surface area contributed by atoms with Crippen molar-refractivity contribution in [1.29, 1.82) is 0 Å². The van der Waals surface area contributed by atoms with Crippen LogP contribution in [0.3, 0.4) is 0 Å². The summed E-state index contributed by atoms with van der Waals surface area (Å²) < 4.78 is 83.0. The van der Waals surface area contributed by atoms with E-state index in [-0.39, 0.29) is 29.3 Å². The fourth-order valence-electron chi connectivity index (χ4n) is 2.80. The van der Waals surface area contributed by atoms with Crippen LogP contribution in [0.4, 0.5) is 28.9 Å². The van der Waals surface area contributed by atoms with Gasteiger partial charge in [0.25, 0.3) is 10.0 Å². The van der Waals surface area contributed by atoms with Gasteiger partial charge in [-0.2, -0.15) is 13.2 Å². The number of sulfonamides is 1. The first-order chi connectivity index (χ1) is 14.0. The average molecular weight is 445 g/mol. The first-order valence-electron chi connectivity index (χ1n) is 8.42. The summed E-state index contributed by atoms with van der Waals surface area (Å²) in [5, 5.41) is 11.7. The first-order valence-corrected chi connectivity index (χ1v) is 9.90. The number of phenolic OH excluding ortho intramolecular Hbond substituents is 1. The normalized spacial score (nSPS) is 13.5. The number of phenols is 1. The number of benzene rings is 2. The number of alkyl halides is 4. The molecule has 0 fully saturated rings. The molecule has 7 nitrogen and oxygen atoms in total. The molecule has 0 aliphatic carbocycles. The van der Waals surface area contributed by atoms with Gasteiger partial charge in [-0.1, -0.05) is 0 Å². The molecule has 0 atom stereocenters. The lowest BCUT2D eigenvalue weighted by Gasteiger charge is -2.15. The predicted molar refractivity (Wildman–Crippen MR) is 99.9 cm³/mol. The molecule has 159 valence electrons. The molecular weight excluding hydrogens is 431 g/mol. The molecule has 1 heterocycles. The second-order valence-corrected chi connectivity index (χ2v) is 7.97. The van der Waals surface area contributed by atoms with Crippen LogP contribution in [0.25, 0.3) is 0 Å². The Morgan fingerprint density at radius 3 is 2.63 bits per heavy atom. The highest BCUT2D eigenvalue weighted by Gasteiger charge is 2.38. The van der Waals surface area contributed by atoms with Crippen molar-refractivity contribution >= 4 is 40.3 Å². The number of anilines is 2. The minimum Gasteiger partial charge on any atom is -0.506 e. The van der Waals surface area contributed by atoms with Gasteiger partial charge in [0, 0.05) is 12.1 Å². The van der Waals surface area contributed by atoms with Crippen molar-refractivity contribution in [2.24, 2.45) is 0 Å². The van der Waals surface area contributed by atoms with Gasteiger partial charge in [-0.25, -0.2) is 8.42 Å². The van der Waals surface area contributed by atoms with E-state index in [2.05, 4.69) is 4.72 Å². The van der Waals surface area contributed by atoms with Gasteiger partial charge in [0.2, 0.25) is 0 Å². The molecule has 13 heteroatoms. The van der Waals surface area contributed by atoms with Crippen LogP contribution >= 0.6 is 0 Å². The van der Waals surface area contributed by atoms with Crippen LogP contribution in [0.15, 0.2) is 35.2 Å². The van der Waals surface area contributed by atoms with Crippen LogP contribution in [-0.2, 0) is 32.5 Å². The van der Waals surface area contributed by atoms with Gasteiger partial charge in [0.1, 0.15) is 5.75 Å². The number of nitrogens with one attached hydrogen (secondary N) is 2. The molecule has 2 aromatic rings. The summed E-state index contributed by atoms with van der Waals surface area (Å²) in [6.45, 7) is -0.767. The molecule has 3 N–H and O–H groups in total. The van der Waals surface area contributed by atoms with Crippen LogP contribution in [0, 0.1) is 0 Å². The van der Waals surface area contributed by atoms with E-state index >= 15 is 0 Å². The lowest BCUT2D eigenvalue weighted by molar-refractivity contribution is -0.167. The Kier molecular flexibility index (Phi) is 5.95. The Bertz CT molecular complexity index is 1090. The minimum atomic E-state index is -5.14. The van der Waals surface area contributed by atoms with Crippen LogP contribution < -0.4 is 15.5 Å². The molecule has 1 radical (unpaired) electrons. The second-order valence-electron chi connectivity index (χ2n) is 6.32. The molecule has 30 heavy (non-hydrogen) atoms. The Hall–Kier alpha value is -2.80. The Morgan fingerprint density at radius 1 is 1.23 bits per heavy atom. The maximum Gasteiger partial charge on any atom is 0.471 e. The largest absolute Gasteiger partial charge is 0.506 e. The fraction of sp³-hybridized carbons (Fsp3) is 0.235. The quantitative estimate of drug-likeness (QED) is 0.359. The van der Waals surface area contributed by atoms with E-state index in [1.54, 1.807) is 5.32 Å². The highest BCUT2D eigenvalue weighted by Crippen LogP contribution is 2.30. The van der Waals surface area contributed by atoms with Crippen LogP contribution in [0.5, 0.6) is 5.75 Å². The summed E-state index contributed by atoms with van der Waals surface area (Å²) in [4.78, 5) is 10.7. The zero-order valence-electron chi connectivity index (χ0n) is 15.1. The topological polar surface area (TPSA) is 105 Å². The molecule has 3 rings (SSSR count). The lowest BCUT2D eigenvalue weighted by atomic mass is 9.87. The maximum atomic E-state index is 12.9. The number of halogens is 4. The average Bonchev–Trinajstić information content (AvgIpc) is 3.08. The molecule has 0 unspecified atom stereocenters. The first kappa shape index (κ1) is 21.9. The van der Waals surface area contributed by atoms with Gasteiger partial charge in [0.15, 0.2) is 0 Å². The molecule has 2 aromatic carbocycles. The van der Waals surface area contributed by atoms with Gasteiger partial charge in [-0.05, 0) is 46.9 Å². The number of hydrogen-bond donors (Lipinski definition) is 3. The van der Waals surface area contributed by atoms with Gasteiger partial charge in [-0.3, -0.25) is 13.9 Å². The van der Waals surface area contributed by atoms with Gasteiger partial charge in [0.05, 0.1) is 23.9 Å². The van der Waals surface area contributed by atoms with Crippen molar-refractivity contribution < 1.29 is 40.5 Å². The highest BCUT2D eigenvalue weighted by atomic mass is 32.2. The molecular formula is C17H14BF4N2O5S. The number of rotatable bonds is 6. The second kappa shape index (κ2) is 8.15. The molecule has 1 aliphatic rings. The van der Waals surface area contributed by atoms with Gasteiger partial charge in [-0.15, -0.1) is 0 Å². The van der Waals surface area contributed by atoms with Crippen molar-refractivity contribution in [1.82, 2.24) is 0 Å². The number of aryl methyl sites for hydroxylation is 1. The zero-order valence-corrected chi connectivity index (χ0v) is 15.9.